The van der Waals surface area contributed by atoms with Crippen molar-refractivity contribution < 1.29 is 14.3 Å². The van der Waals surface area contributed by atoms with Crippen LogP contribution in [0.1, 0.15) is 62.3 Å². The third-order valence-electron chi connectivity index (χ3n) is 5.31. The number of hydrogen-bond acceptors (Lipinski definition) is 3. The molecule has 2 aromatic rings. The molecule has 0 aromatic heterocycles. The normalized spacial score (nSPS) is 13.0. The fourth-order valence-electron chi connectivity index (χ4n) is 3.43. The average molecular weight is 398 g/mol. The first kappa shape index (κ1) is 23.0. The van der Waals surface area contributed by atoms with Gasteiger partial charge in [0.1, 0.15) is 18.0 Å². The van der Waals surface area contributed by atoms with Crippen LogP contribution in [0.3, 0.4) is 0 Å². The monoisotopic (exact) mass is 397 g/mol. The summed E-state index contributed by atoms with van der Waals surface area (Å²) < 4.78 is 12.6. The third kappa shape index (κ3) is 6.33. The molecule has 0 aliphatic heterocycles. The first-order chi connectivity index (χ1) is 13.9. The lowest BCUT2D eigenvalue weighted by molar-refractivity contribution is -0.121. The van der Waals surface area contributed by atoms with E-state index in [0.717, 1.165) is 41.7 Å². The van der Waals surface area contributed by atoms with Gasteiger partial charge in [0.15, 0.2) is 0 Å². The maximum absolute atomic E-state index is 11.6. The van der Waals surface area contributed by atoms with E-state index in [4.69, 9.17) is 9.47 Å². The number of amides is 1. The van der Waals surface area contributed by atoms with Crippen LogP contribution in [-0.4, -0.2) is 19.1 Å². The highest BCUT2D eigenvalue weighted by Crippen LogP contribution is 2.33. The highest BCUT2D eigenvalue weighted by Gasteiger charge is 2.33. The van der Waals surface area contributed by atoms with Crippen LogP contribution in [0.25, 0.3) is 0 Å². The molecule has 0 fully saturated rings. The number of nitrogens with one attached hydrogen (secondary N) is 1. The van der Waals surface area contributed by atoms with Crippen LogP contribution in [0.15, 0.2) is 42.5 Å². The van der Waals surface area contributed by atoms with Gasteiger partial charge < -0.3 is 14.8 Å². The van der Waals surface area contributed by atoms with Crippen LogP contribution in [0.5, 0.6) is 5.75 Å². The van der Waals surface area contributed by atoms with Crippen LogP contribution in [0, 0.1) is 13.8 Å². The number of rotatable bonds is 11. The molecule has 0 radical (unpaired) electrons. The van der Waals surface area contributed by atoms with Crippen molar-refractivity contribution in [3.63, 3.8) is 0 Å². The van der Waals surface area contributed by atoms with Gasteiger partial charge in [0, 0.05) is 13.5 Å². The fraction of sp³-hybridized carbons (Fsp3) is 0.480. The number of aryl methyl sites for hydroxylation is 2. The van der Waals surface area contributed by atoms with E-state index in [9.17, 15) is 4.79 Å². The summed E-state index contributed by atoms with van der Waals surface area (Å²) in [5.74, 6) is 0.849. The minimum Gasteiger partial charge on any atom is -0.489 e. The summed E-state index contributed by atoms with van der Waals surface area (Å²) in [4.78, 5) is 11.6. The SMILES string of the molecule is CCCCOC(CC)(CNC(C)=O)c1ccccc1COc1cc(C)ccc1C. The first-order valence-electron chi connectivity index (χ1n) is 10.6. The summed E-state index contributed by atoms with van der Waals surface area (Å²) >= 11 is 0. The average Bonchev–Trinajstić information content (AvgIpc) is 2.72. The Morgan fingerprint density at radius 2 is 1.86 bits per heavy atom. The number of benzene rings is 2. The van der Waals surface area contributed by atoms with Crippen molar-refractivity contribution in [2.75, 3.05) is 13.2 Å². The zero-order chi connectivity index (χ0) is 21.3. The number of carbonyl (C=O) groups is 1. The van der Waals surface area contributed by atoms with Crippen LogP contribution in [0.2, 0.25) is 0 Å². The lowest BCUT2D eigenvalue weighted by atomic mass is 9.87. The van der Waals surface area contributed by atoms with Gasteiger partial charge in [-0.05, 0) is 55.0 Å². The topological polar surface area (TPSA) is 47.6 Å². The molecule has 0 heterocycles. The van der Waals surface area contributed by atoms with E-state index in [1.165, 1.54) is 5.56 Å². The molecular formula is C25H35NO3. The van der Waals surface area contributed by atoms with Crippen LogP contribution >= 0.6 is 0 Å². The molecule has 29 heavy (non-hydrogen) atoms. The molecule has 1 unspecified atom stereocenters. The van der Waals surface area contributed by atoms with Crippen molar-refractivity contribution in [1.29, 1.82) is 0 Å². The van der Waals surface area contributed by atoms with E-state index in [-0.39, 0.29) is 5.91 Å². The second kappa shape index (κ2) is 11.0. The Labute approximate surface area is 175 Å². The van der Waals surface area contributed by atoms with Gasteiger partial charge in [-0.3, -0.25) is 4.79 Å². The summed E-state index contributed by atoms with van der Waals surface area (Å²) in [6.45, 7) is 11.5. The molecule has 1 N–H and O–H groups in total. The second-order valence-electron chi connectivity index (χ2n) is 7.67. The Balaban J connectivity index is 2.32. The molecule has 0 aliphatic carbocycles. The Hall–Kier alpha value is -2.33. The second-order valence-corrected chi connectivity index (χ2v) is 7.67. The Morgan fingerprint density at radius 1 is 1.10 bits per heavy atom. The smallest absolute Gasteiger partial charge is 0.216 e. The van der Waals surface area contributed by atoms with Gasteiger partial charge in [0.2, 0.25) is 5.91 Å². The predicted octanol–water partition coefficient (Wildman–Crippen LogP) is 5.44. The number of carbonyl (C=O) groups excluding carboxylic acids is 1. The molecule has 158 valence electrons. The molecule has 1 atom stereocenters. The van der Waals surface area contributed by atoms with E-state index < -0.39 is 5.60 Å². The summed E-state index contributed by atoms with van der Waals surface area (Å²) in [6, 6.07) is 14.5. The summed E-state index contributed by atoms with van der Waals surface area (Å²) in [6.07, 6.45) is 2.82. The molecule has 0 saturated carbocycles. The molecule has 4 heteroatoms. The van der Waals surface area contributed by atoms with Crippen molar-refractivity contribution >= 4 is 5.91 Å². The van der Waals surface area contributed by atoms with Crippen molar-refractivity contribution in [3.8, 4) is 5.75 Å². The highest BCUT2D eigenvalue weighted by molar-refractivity contribution is 5.72. The van der Waals surface area contributed by atoms with Crippen LogP contribution in [-0.2, 0) is 21.7 Å². The highest BCUT2D eigenvalue weighted by atomic mass is 16.5. The quantitative estimate of drug-likeness (QED) is 0.514. The van der Waals surface area contributed by atoms with E-state index in [0.29, 0.717) is 19.8 Å². The molecule has 2 aromatic carbocycles. The van der Waals surface area contributed by atoms with Gasteiger partial charge in [-0.25, -0.2) is 0 Å². The van der Waals surface area contributed by atoms with Gasteiger partial charge in [-0.1, -0.05) is 56.7 Å². The van der Waals surface area contributed by atoms with Gasteiger partial charge >= 0.3 is 0 Å². The summed E-state index contributed by atoms with van der Waals surface area (Å²) in [5.41, 5.74) is 3.89. The molecule has 0 spiro atoms. The van der Waals surface area contributed by atoms with Crippen molar-refractivity contribution in [1.82, 2.24) is 5.32 Å². The Kier molecular flexibility index (Phi) is 8.71. The minimum atomic E-state index is -0.567. The zero-order valence-electron chi connectivity index (χ0n) is 18.5. The zero-order valence-corrected chi connectivity index (χ0v) is 18.5. The minimum absolute atomic E-state index is 0.0500. The van der Waals surface area contributed by atoms with Gasteiger partial charge in [0.05, 0.1) is 6.54 Å². The maximum Gasteiger partial charge on any atom is 0.216 e. The molecule has 4 nitrogen and oxygen atoms in total. The maximum atomic E-state index is 11.6. The standard InChI is InChI=1S/C25H35NO3/c1-6-8-15-29-25(7-2,18-26-21(5)27)23-12-10-9-11-22(23)17-28-24-16-19(3)13-14-20(24)4/h9-14,16H,6-8,15,17-18H2,1-5H3,(H,26,27). The predicted molar refractivity (Wildman–Crippen MR) is 118 cm³/mol. The lowest BCUT2D eigenvalue weighted by Gasteiger charge is -2.35. The Bertz CT molecular complexity index is 802. The first-order valence-corrected chi connectivity index (χ1v) is 10.6. The third-order valence-corrected chi connectivity index (χ3v) is 5.31. The van der Waals surface area contributed by atoms with E-state index in [1.807, 2.05) is 12.1 Å². The van der Waals surface area contributed by atoms with E-state index in [1.54, 1.807) is 6.92 Å². The van der Waals surface area contributed by atoms with E-state index >= 15 is 0 Å². The summed E-state index contributed by atoms with van der Waals surface area (Å²) in [5, 5.41) is 2.98. The summed E-state index contributed by atoms with van der Waals surface area (Å²) in [7, 11) is 0. The number of ether oxygens (including phenoxy) is 2. The number of hydrogen-bond donors (Lipinski definition) is 1. The van der Waals surface area contributed by atoms with Gasteiger partial charge in [0.25, 0.3) is 0 Å². The largest absolute Gasteiger partial charge is 0.489 e. The number of unbranched alkanes of at least 4 members (excludes halogenated alkanes) is 1. The van der Waals surface area contributed by atoms with Crippen molar-refractivity contribution in [2.45, 2.75) is 66.1 Å². The molecule has 0 bridgehead atoms. The van der Waals surface area contributed by atoms with E-state index in [2.05, 4.69) is 63.3 Å². The molecular weight excluding hydrogens is 362 g/mol. The molecule has 0 aliphatic rings. The van der Waals surface area contributed by atoms with Gasteiger partial charge in [-0.2, -0.15) is 0 Å². The lowest BCUT2D eigenvalue weighted by Crippen LogP contribution is -2.43. The Morgan fingerprint density at radius 3 is 2.55 bits per heavy atom. The molecule has 1 amide bonds. The van der Waals surface area contributed by atoms with Crippen LogP contribution in [0.4, 0.5) is 0 Å². The van der Waals surface area contributed by atoms with Crippen molar-refractivity contribution in [2.24, 2.45) is 0 Å². The van der Waals surface area contributed by atoms with Crippen molar-refractivity contribution in [3.05, 3.63) is 64.7 Å². The fourth-order valence-corrected chi connectivity index (χ4v) is 3.43. The molecule has 0 saturated heterocycles. The molecule has 2 rings (SSSR count). The van der Waals surface area contributed by atoms with Gasteiger partial charge in [-0.15, -0.1) is 0 Å². The van der Waals surface area contributed by atoms with Crippen LogP contribution < -0.4 is 10.1 Å².